The van der Waals surface area contributed by atoms with Crippen LogP contribution in [0.4, 0.5) is 0 Å². The third-order valence-electron chi connectivity index (χ3n) is 0.552. The Labute approximate surface area is 79.0 Å². The number of carbonyl (C=O) groups excluding carboxylic acids is 1. The molecule has 0 aliphatic carbocycles. The number of aliphatic hydroxyl groups excluding tert-OH is 3. The zero-order chi connectivity index (χ0) is 11.3. The van der Waals surface area contributed by atoms with Crippen molar-refractivity contribution in [2.75, 3.05) is 20.3 Å². The first-order valence-corrected chi connectivity index (χ1v) is 3.90. The van der Waals surface area contributed by atoms with E-state index in [4.69, 9.17) is 15.3 Å². The number of hydrogen-bond donors (Lipinski definition) is 3. The third kappa shape index (κ3) is 88.4. The zero-order valence-corrected chi connectivity index (χ0v) is 8.65. The van der Waals surface area contributed by atoms with Gasteiger partial charge in [-0.15, -0.1) is 0 Å². The largest absolute Gasteiger partial charge is 0.469 e. The molecule has 0 aliphatic rings. The molecule has 5 heteroatoms. The first-order valence-electron chi connectivity index (χ1n) is 3.90. The lowest BCUT2D eigenvalue weighted by molar-refractivity contribution is -0.137. The SMILES string of the molecule is CC(O)CO.CCO.COC(C)=O. The summed E-state index contributed by atoms with van der Waals surface area (Å²) in [6.07, 6.45) is -0.560. The standard InChI is InChI=1S/C3H6O2.C3H8O2.C2H6O/c1-3(4)5-2;1-3(5)2-4;1-2-3/h1-2H3;3-5H,2H2,1H3;3H,2H2,1H3. The molecule has 0 bridgehead atoms. The Kier molecular flexibility index (Phi) is 24.4. The number of aliphatic hydroxyl groups is 3. The van der Waals surface area contributed by atoms with E-state index in [1.165, 1.54) is 21.0 Å². The molecule has 0 aromatic carbocycles. The highest BCUT2D eigenvalue weighted by atomic mass is 16.5. The fraction of sp³-hybridized carbons (Fsp3) is 0.875. The maximum absolute atomic E-state index is 9.59. The molecule has 5 nitrogen and oxygen atoms in total. The number of hydrogen-bond acceptors (Lipinski definition) is 5. The lowest BCUT2D eigenvalue weighted by Crippen LogP contribution is -2.03. The minimum atomic E-state index is -0.560. The highest BCUT2D eigenvalue weighted by Gasteiger charge is 1.83. The van der Waals surface area contributed by atoms with Crippen LogP contribution >= 0.6 is 0 Å². The Morgan fingerprint density at radius 3 is 1.62 bits per heavy atom. The van der Waals surface area contributed by atoms with Gasteiger partial charge in [0.25, 0.3) is 0 Å². The fourth-order valence-electron chi connectivity index (χ4n) is 0. The van der Waals surface area contributed by atoms with Crippen LogP contribution in [0.5, 0.6) is 0 Å². The summed E-state index contributed by atoms with van der Waals surface area (Å²) >= 11 is 0. The molecule has 0 spiro atoms. The molecule has 0 amide bonds. The molecular formula is C8H20O5. The van der Waals surface area contributed by atoms with E-state index >= 15 is 0 Å². The van der Waals surface area contributed by atoms with Gasteiger partial charge in [0.05, 0.1) is 19.8 Å². The van der Waals surface area contributed by atoms with E-state index in [2.05, 4.69) is 4.74 Å². The highest BCUT2D eigenvalue weighted by molar-refractivity contribution is 5.65. The first kappa shape index (κ1) is 18.2. The van der Waals surface area contributed by atoms with Crippen molar-refractivity contribution in [1.82, 2.24) is 0 Å². The van der Waals surface area contributed by atoms with E-state index in [0.717, 1.165) is 0 Å². The lowest BCUT2D eigenvalue weighted by Gasteiger charge is -1.90. The van der Waals surface area contributed by atoms with Gasteiger partial charge < -0.3 is 20.1 Å². The van der Waals surface area contributed by atoms with E-state index in [1.807, 2.05) is 0 Å². The zero-order valence-electron chi connectivity index (χ0n) is 8.65. The Bertz CT molecular complexity index is 92.5. The maximum atomic E-state index is 9.59. The van der Waals surface area contributed by atoms with Crippen LogP contribution in [0.25, 0.3) is 0 Å². The molecule has 0 saturated heterocycles. The van der Waals surface area contributed by atoms with Crippen molar-refractivity contribution in [3.63, 3.8) is 0 Å². The molecule has 3 N–H and O–H groups in total. The first-order chi connectivity index (χ1) is 5.95. The van der Waals surface area contributed by atoms with Gasteiger partial charge in [-0.2, -0.15) is 0 Å². The summed E-state index contributed by atoms with van der Waals surface area (Å²) in [7, 11) is 1.35. The van der Waals surface area contributed by atoms with Gasteiger partial charge in [-0.1, -0.05) is 0 Å². The molecule has 82 valence electrons. The molecule has 1 unspecified atom stereocenters. The number of esters is 1. The normalized spacial score (nSPS) is 9.77. The second-order valence-corrected chi connectivity index (χ2v) is 2.04. The predicted octanol–water partition coefficient (Wildman–Crippen LogP) is -0.463. The van der Waals surface area contributed by atoms with Gasteiger partial charge >= 0.3 is 5.97 Å². The average molecular weight is 196 g/mol. The van der Waals surface area contributed by atoms with Gasteiger partial charge in [0.1, 0.15) is 0 Å². The summed E-state index contributed by atoms with van der Waals surface area (Å²) in [6.45, 7) is 4.68. The van der Waals surface area contributed by atoms with Gasteiger partial charge in [-0.25, -0.2) is 0 Å². The van der Waals surface area contributed by atoms with Crippen LogP contribution in [0.1, 0.15) is 20.8 Å². The molecule has 0 aromatic heterocycles. The molecule has 0 radical (unpaired) electrons. The summed E-state index contributed by atoms with van der Waals surface area (Å²) in [5.41, 5.74) is 0. The summed E-state index contributed by atoms with van der Waals surface area (Å²) in [4.78, 5) is 9.59. The summed E-state index contributed by atoms with van der Waals surface area (Å²) in [6, 6.07) is 0. The van der Waals surface area contributed by atoms with Crippen LogP contribution in [0.15, 0.2) is 0 Å². The topological polar surface area (TPSA) is 87.0 Å². The summed E-state index contributed by atoms with van der Waals surface area (Å²) in [5.74, 6) is -0.245. The van der Waals surface area contributed by atoms with Crippen molar-refractivity contribution in [1.29, 1.82) is 0 Å². The average Bonchev–Trinajstić information content (AvgIpc) is 2.07. The number of rotatable bonds is 1. The van der Waals surface area contributed by atoms with Crippen molar-refractivity contribution in [3.05, 3.63) is 0 Å². The van der Waals surface area contributed by atoms with Gasteiger partial charge in [-0.3, -0.25) is 4.79 Å². The van der Waals surface area contributed by atoms with Crippen LogP contribution in [0.2, 0.25) is 0 Å². The van der Waals surface area contributed by atoms with Gasteiger partial charge in [-0.05, 0) is 13.8 Å². The Morgan fingerprint density at radius 2 is 1.62 bits per heavy atom. The molecule has 13 heavy (non-hydrogen) atoms. The minimum Gasteiger partial charge on any atom is -0.469 e. The monoisotopic (exact) mass is 196 g/mol. The molecular weight excluding hydrogens is 176 g/mol. The van der Waals surface area contributed by atoms with E-state index in [1.54, 1.807) is 6.92 Å². The van der Waals surface area contributed by atoms with Crippen molar-refractivity contribution < 1.29 is 24.9 Å². The van der Waals surface area contributed by atoms with Crippen molar-refractivity contribution in [2.45, 2.75) is 26.9 Å². The quantitative estimate of drug-likeness (QED) is 0.494. The van der Waals surface area contributed by atoms with Gasteiger partial charge in [0.15, 0.2) is 0 Å². The molecule has 0 aliphatic heterocycles. The van der Waals surface area contributed by atoms with Crippen molar-refractivity contribution in [3.8, 4) is 0 Å². The molecule has 0 saturated carbocycles. The Balaban J connectivity index is -0.000000120. The summed E-state index contributed by atoms with van der Waals surface area (Å²) in [5, 5.41) is 23.6. The number of methoxy groups -OCH3 is 1. The Hall–Kier alpha value is -0.650. The lowest BCUT2D eigenvalue weighted by atomic mass is 10.5. The van der Waals surface area contributed by atoms with Crippen LogP contribution in [0, 0.1) is 0 Å². The van der Waals surface area contributed by atoms with E-state index in [9.17, 15) is 4.79 Å². The molecule has 0 rings (SSSR count). The van der Waals surface area contributed by atoms with Gasteiger partial charge in [0.2, 0.25) is 0 Å². The fourth-order valence-corrected chi connectivity index (χ4v) is 0. The van der Waals surface area contributed by atoms with Gasteiger partial charge in [0, 0.05) is 13.5 Å². The third-order valence-corrected chi connectivity index (χ3v) is 0.552. The van der Waals surface area contributed by atoms with E-state index < -0.39 is 6.10 Å². The summed E-state index contributed by atoms with van der Waals surface area (Å²) < 4.78 is 4.11. The smallest absolute Gasteiger partial charge is 0.302 e. The molecule has 0 aromatic rings. The second kappa shape index (κ2) is 17.4. The predicted molar refractivity (Wildman–Crippen MR) is 49.2 cm³/mol. The van der Waals surface area contributed by atoms with Crippen LogP contribution in [0.3, 0.4) is 0 Å². The van der Waals surface area contributed by atoms with Crippen LogP contribution in [-0.2, 0) is 9.53 Å². The number of ether oxygens (including phenoxy) is 1. The highest BCUT2D eigenvalue weighted by Crippen LogP contribution is 1.68. The number of carbonyl (C=O) groups is 1. The Morgan fingerprint density at radius 1 is 1.46 bits per heavy atom. The minimum absolute atomic E-state index is 0.139. The van der Waals surface area contributed by atoms with Crippen LogP contribution in [-0.4, -0.2) is 47.7 Å². The molecule has 1 atom stereocenters. The van der Waals surface area contributed by atoms with E-state index in [-0.39, 0.29) is 19.2 Å². The van der Waals surface area contributed by atoms with Crippen molar-refractivity contribution >= 4 is 5.97 Å². The maximum Gasteiger partial charge on any atom is 0.302 e. The second-order valence-electron chi connectivity index (χ2n) is 2.04. The molecule has 0 heterocycles. The van der Waals surface area contributed by atoms with Crippen LogP contribution < -0.4 is 0 Å². The molecule has 0 fully saturated rings. The van der Waals surface area contributed by atoms with Crippen molar-refractivity contribution in [2.24, 2.45) is 0 Å². The van der Waals surface area contributed by atoms with E-state index in [0.29, 0.717) is 0 Å².